The fourth-order valence-corrected chi connectivity index (χ4v) is 17.8. The summed E-state index contributed by atoms with van der Waals surface area (Å²) in [6.45, 7) is 33.8. The third kappa shape index (κ3) is 19.5. The van der Waals surface area contributed by atoms with Crippen molar-refractivity contribution in [1.82, 2.24) is 24.9 Å². The number of benzene rings is 10. The number of rotatable bonds is 20. The van der Waals surface area contributed by atoms with Crippen molar-refractivity contribution in [3.05, 3.63) is 289 Å². The Morgan fingerprint density at radius 2 is 0.568 bits per heavy atom. The first-order chi connectivity index (χ1) is 63.7. The number of aryl methyl sites for hydroxylation is 2. The van der Waals surface area contributed by atoms with Crippen molar-refractivity contribution in [2.24, 2.45) is 0 Å². The molecule has 132 heavy (non-hydrogen) atoms. The molecule has 0 saturated heterocycles. The average Bonchev–Trinajstić information content (AvgIpc) is 1.60. The van der Waals surface area contributed by atoms with E-state index in [-0.39, 0.29) is 40.3 Å². The van der Waals surface area contributed by atoms with Crippen LogP contribution < -0.4 is 52.6 Å². The van der Waals surface area contributed by atoms with Gasteiger partial charge in [0.2, 0.25) is 23.6 Å². The maximum Gasteiger partial charge on any atom is 0.349 e. The topological polar surface area (TPSA) is 284 Å². The molecule has 10 aromatic heterocycles. The molecule has 0 spiro atoms. The van der Waals surface area contributed by atoms with Crippen LogP contribution in [0.1, 0.15) is 80.4 Å². The number of thiazole rings is 1. The van der Waals surface area contributed by atoms with Gasteiger partial charge in [0.25, 0.3) is 0 Å². The van der Waals surface area contributed by atoms with E-state index in [1.54, 1.807) is 54.6 Å². The van der Waals surface area contributed by atoms with Crippen LogP contribution in [0, 0.1) is 13.8 Å². The van der Waals surface area contributed by atoms with Crippen LogP contribution in [0.5, 0.6) is 0 Å². The summed E-state index contributed by atoms with van der Waals surface area (Å²) in [5.41, 5.74) is 14.7. The van der Waals surface area contributed by atoms with Crippen molar-refractivity contribution in [3.8, 4) is 56.4 Å². The number of nitrogens with zero attached hydrogens (tertiary/aromatic N) is 10. The van der Waals surface area contributed by atoms with Gasteiger partial charge < -0.3 is 64.3 Å². The molecular formula is C102H89Cl5N10O14S. The molecule has 0 bridgehead atoms. The van der Waals surface area contributed by atoms with Crippen LogP contribution in [0.2, 0.25) is 25.1 Å². The van der Waals surface area contributed by atoms with Crippen LogP contribution in [0.25, 0.3) is 166 Å². The van der Waals surface area contributed by atoms with Crippen LogP contribution >= 0.6 is 69.3 Å². The van der Waals surface area contributed by atoms with Crippen LogP contribution in [0.4, 0.5) is 28.4 Å². The average molecular weight is 1890 g/mol. The monoisotopic (exact) mass is 1880 g/mol. The number of anilines is 5. The minimum Gasteiger partial charge on any atom is -0.436 e. The van der Waals surface area contributed by atoms with E-state index in [0.717, 1.165) is 153 Å². The molecule has 20 aromatic rings. The number of fused-ring (bicyclic) bond motifs is 10. The van der Waals surface area contributed by atoms with Crippen molar-refractivity contribution in [2.45, 2.75) is 83.1 Å². The summed E-state index contributed by atoms with van der Waals surface area (Å²) < 4.78 is 51.7. The lowest BCUT2D eigenvalue weighted by Gasteiger charge is -2.20. The Morgan fingerprint density at radius 3 is 0.939 bits per heavy atom. The van der Waals surface area contributed by atoms with Gasteiger partial charge in [0.1, 0.15) is 77.2 Å². The zero-order valence-electron chi connectivity index (χ0n) is 74.1. The molecule has 672 valence electrons. The van der Waals surface area contributed by atoms with E-state index in [1.165, 1.54) is 11.3 Å². The highest BCUT2D eigenvalue weighted by molar-refractivity contribution is 7.21. The fourth-order valence-electron chi connectivity index (χ4n) is 15.6. The van der Waals surface area contributed by atoms with Gasteiger partial charge in [-0.05, 0) is 252 Å². The van der Waals surface area contributed by atoms with E-state index >= 15 is 0 Å². The summed E-state index contributed by atoms with van der Waals surface area (Å²) in [4.78, 5) is 95.8. The smallest absolute Gasteiger partial charge is 0.349 e. The summed E-state index contributed by atoms with van der Waals surface area (Å²) in [5, 5.41) is 6.98. The van der Waals surface area contributed by atoms with Gasteiger partial charge in [-0.25, -0.2) is 48.9 Å². The molecule has 0 atom stereocenters. The van der Waals surface area contributed by atoms with E-state index in [4.69, 9.17) is 97.8 Å². The Morgan fingerprint density at radius 1 is 0.258 bits per heavy atom. The number of oxazole rings is 4. The molecule has 24 nitrogen and oxygen atoms in total. The Hall–Kier alpha value is -13.5. The quantitative estimate of drug-likeness (QED) is 0.0641. The maximum atomic E-state index is 12.6. The summed E-state index contributed by atoms with van der Waals surface area (Å²) in [6.07, 6.45) is 0. The summed E-state index contributed by atoms with van der Waals surface area (Å²) in [6, 6.07) is 61.6. The highest BCUT2D eigenvalue weighted by Gasteiger charge is 2.24. The van der Waals surface area contributed by atoms with Gasteiger partial charge in [-0.1, -0.05) is 70.1 Å². The predicted molar refractivity (Wildman–Crippen MR) is 535 cm³/mol. The van der Waals surface area contributed by atoms with Crippen molar-refractivity contribution in [3.63, 3.8) is 0 Å². The van der Waals surface area contributed by atoms with E-state index in [9.17, 15) is 24.0 Å². The molecule has 0 amide bonds. The number of hydrogen-bond donors (Lipinski definition) is 0. The maximum absolute atomic E-state index is 12.6. The SMILES string of the molecule is CCN(CC)c1ccc2cc(-c3nc4cc(C)ccc4o3)c(=O)oc2c1.CCN(CC)c1ccc2cc(-c3nc4cc(Cl)cc(Cl)c4o3)c(=O)oc2c1.CCN(CC)c1ccc2cc(-c3nc4cc(Cl)cc(Cl)c4o3)c(=O)oc2c1.CCN(CC)c1ccc2cc(-c3nc4cc(Cl)ccc4s3)c(=O)oc2c1.CCN(CC)c1ccc2cc(-c3nc4ccc(C)cc4o3)c(=O)oc2c1. The largest absolute Gasteiger partial charge is 0.436 e. The standard InChI is InChI=1S/2C21H20N2O3.2C20H16Cl2N2O3.C20H17ClN2O2S/c1-4-23(5-2)15-8-7-14-11-16(21(24)26-19(14)12-15)20-22-17-10-13(3)6-9-18(17)25-20;1-4-23(5-2)15-8-7-14-11-16(21(24)26-18(14)12-15)20-22-17-9-6-13(3)10-19(17)25-20;2*1-3-24(4-2)13-6-5-11-7-14(20(25)26-17(11)10-13)19-23-16-9-12(21)8-15(22)18(16)27-19;1-3-23(4-2)14-7-5-12-9-15(20(24)25-17(12)11-14)19-22-16-10-13(21)6-8-18(16)26-19/h2*6-12H,4-5H2,1-3H3;2*5-10H,3-4H2,1-2H3;5-11H,3-4H2,1-2H3. The molecule has 0 radical (unpaired) electrons. The normalized spacial score (nSPS) is 11.4. The molecule has 20 rings (SSSR count). The van der Waals surface area contributed by atoms with Crippen molar-refractivity contribution in [1.29, 1.82) is 0 Å². The Labute approximate surface area is 784 Å². The number of hydrogen-bond acceptors (Lipinski definition) is 25. The molecule has 0 fully saturated rings. The van der Waals surface area contributed by atoms with Crippen molar-refractivity contribution in [2.75, 3.05) is 89.9 Å². The van der Waals surface area contributed by atoms with E-state index < -0.39 is 22.5 Å². The molecular weight excluding hydrogens is 1800 g/mol. The van der Waals surface area contributed by atoms with Gasteiger partial charge in [-0.3, -0.25) is 0 Å². The lowest BCUT2D eigenvalue weighted by atomic mass is 10.1. The van der Waals surface area contributed by atoms with Crippen molar-refractivity contribution >= 4 is 207 Å². The Balaban J connectivity index is 0.000000120. The van der Waals surface area contributed by atoms with E-state index in [1.807, 2.05) is 153 Å². The van der Waals surface area contributed by atoms with Crippen LogP contribution in [-0.2, 0) is 0 Å². The zero-order valence-corrected chi connectivity index (χ0v) is 78.7. The third-order valence-corrected chi connectivity index (χ3v) is 25.0. The lowest BCUT2D eigenvalue weighted by Crippen LogP contribution is -2.21. The van der Waals surface area contributed by atoms with Gasteiger partial charge >= 0.3 is 28.1 Å². The molecule has 0 saturated carbocycles. The van der Waals surface area contributed by atoms with Crippen LogP contribution in [0.3, 0.4) is 0 Å². The first-order valence-corrected chi connectivity index (χ1v) is 45.9. The first-order valence-electron chi connectivity index (χ1n) is 43.2. The van der Waals surface area contributed by atoms with Gasteiger partial charge in [-0.2, -0.15) is 0 Å². The second kappa shape index (κ2) is 39.7. The van der Waals surface area contributed by atoms with E-state index in [2.05, 4.69) is 125 Å². The third-order valence-electron chi connectivity index (χ3n) is 22.6. The Kier molecular flexibility index (Phi) is 27.6. The number of halogens is 5. The lowest BCUT2D eigenvalue weighted by molar-refractivity contribution is 0.552. The molecule has 10 aromatic carbocycles. The highest BCUT2D eigenvalue weighted by Crippen LogP contribution is 2.39. The van der Waals surface area contributed by atoms with Gasteiger partial charge in [0, 0.05) is 166 Å². The fraction of sp³-hybridized carbons (Fsp3) is 0.216. The molecule has 0 aliphatic carbocycles. The first kappa shape index (κ1) is 91.8. The molecule has 0 aliphatic rings. The van der Waals surface area contributed by atoms with Crippen LogP contribution in [0.15, 0.2) is 264 Å². The summed E-state index contributed by atoms with van der Waals surface area (Å²) in [5.74, 6) is 0.874. The number of aromatic nitrogens is 5. The molecule has 30 heteroatoms. The molecule has 0 aliphatic heterocycles. The molecule has 0 N–H and O–H groups in total. The van der Waals surface area contributed by atoms with Crippen LogP contribution in [-0.4, -0.2) is 90.4 Å². The Bertz CT molecular complexity index is 7440. The van der Waals surface area contributed by atoms with Gasteiger partial charge in [0.15, 0.2) is 22.3 Å². The minimum absolute atomic E-state index is 0.151. The van der Waals surface area contributed by atoms with Crippen molar-refractivity contribution < 1.29 is 39.8 Å². The predicted octanol–water partition coefficient (Wildman–Crippen LogP) is 26.6. The minimum atomic E-state index is -0.520. The van der Waals surface area contributed by atoms with Gasteiger partial charge in [0.05, 0.1) is 25.8 Å². The summed E-state index contributed by atoms with van der Waals surface area (Å²) in [7, 11) is 0. The highest BCUT2D eigenvalue weighted by atomic mass is 35.5. The second-order valence-electron chi connectivity index (χ2n) is 30.8. The second-order valence-corrected chi connectivity index (χ2v) is 34.0. The molecule has 0 unspecified atom stereocenters. The zero-order chi connectivity index (χ0) is 93.0. The molecule has 10 heterocycles. The van der Waals surface area contributed by atoms with Gasteiger partial charge in [-0.15, -0.1) is 11.3 Å². The van der Waals surface area contributed by atoms with E-state index in [0.29, 0.717) is 108 Å². The summed E-state index contributed by atoms with van der Waals surface area (Å²) >= 11 is 31.8.